The van der Waals surface area contributed by atoms with Crippen molar-refractivity contribution in [2.75, 3.05) is 25.4 Å². The number of nitrogens with two attached hydrogens (primary N) is 1. The minimum absolute atomic E-state index is 0.147. The predicted molar refractivity (Wildman–Crippen MR) is 112 cm³/mol. The van der Waals surface area contributed by atoms with Gasteiger partial charge in [0.15, 0.2) is 5.96 Å². The minimum atomic E-state index is -3.50. The Balaban J connectivity index is 2.73. The van der Waals surface area contributed by atoms with Gasteiger partial charge in [-0.05, 0) is 44.2 Å². The van der Waals surface area contributed by atoms with Gasteiger partial charge in [-0.15, -0.1) is 0 Å². The van der Waals surface area contributed by atoms with Crippen molar-refractivity contribution in [3.8, 4) is 5.75 Å². The van der Waals surface area contributed by atoms with E-state index in [1.165, 1.54) is 0 Å². The number of aryl methyl sites for hydroxylation is 1. The van der Waals surface area contributed by atoms with Crippen LogP contribution in [0.1, 0.15) is 44.7 Å². The number of guanidine groups is 1. The number of hydrogen-bond donors (Lipinski definition) is 3. The standard InChI is InChI=1S/C19H34N4O3S/c1-5-21-19(22-10-12-27(20,24)25)23-14-17-9-8-16(4)13-18(17)26-11-6-7-15(2)3/h8-9,13,15H,5-7,10-12,14H2,1-4H3,(H2,20,24,25)(H2,21,22,23). The highest BCUT2D eigenvalue weighted by molar-refractivity contribution is 7.89. The molecule has 0 saturated carbocycles. The van der Waals surface area contributed by atoms with Crippen molar-refractivity contribution >= 4 is 16.0 Å². The van der Waals surface area contributed by atoms with Crippen LogP contribution in [0.2, 0.25) is 0 Å². The number of rotatable bonds is 11. The lowest BCUT2D eigenvalue weighted by molar-refractivity contribution is 0.295. The second-order valence-corrected chi connectivity index (χ2v) is 8.72. The first kappa shape index (κ1) is 23.2. The van der Waals surface area contributed by atoms with Crippen molar-refractivity contribution in [2.45, 2.75) is 47.1 Å². The summed E-state index contributed by atoms with van der Waals surface area (Å²) in [6.07, 6.45) is 2.16. The summed E-state index contributed by atoms with van der Waals surface area (Å²) in [5.74, 6) is 1.92. The predicted octanol–water partition coefficient (Wildman–Crippen LogP) is 2.15. The number of benzene rings is 1. The molecule has 1 aromatic carbocycles. The molecule has 1 rings (SSSR count). The third-order valence-corrected chi connectivity index (χ3v) is 4.61. The van der Waals surface area contributed by atoms with Crippen LogP contribution < -0.4 is 20.5 Å². The zero-order valence-corrected chi connectivity index (χ0v) is 17.7. The molecule has 4 N–H and O–H groups in total. The van der Waals surface area contributed by atoms with E-state index in [9.17, 15) is 8.42 Å². The summed E-state index contributed by atoms with van der Waals surface area (Å²) in [7, 11) is -3.50. The molecule has 27 heavy (non-hydrogen) atoms. The van der Waals surface area contributed by atoms with Crippen molar-refractivity contribution in [1.82, 2.24) is 10.6 Å². The van der Waals surface area contributed by atoms with Gasteiger partial charge in [-0.25, -0.2) is 18.5 Å². The van der Waals surface area contributed by atoms with Gasteiger partial charge in [-0.2, -0.15) is 0 Å². The normalized spacial score (nSPS) is 12.3. The van der Waals surface area contributed by atoms with E-state index in [2.05, 4.69) is 29.5 Å². The van der Waals surface area contributed by atoms with E-state index < -0.39 is 10.0 Å². The fourth-order valence-electron chi connectivity index (χ4n) is 2.42. The highest BCUT2D eigenvalue weighted by Crippen LogP contribution is 2.22. The van der Waals surface area contributed by atoms with E-state index in [-0.39, 0.29) is 12.3 Å². The highest BCUT2D eigenvalue weighted by atomic mass is 32.2. The lowest BCUT2D eigenvalue weighted by Crippen LogP contribution is -2.40. The molecule has 1 aromatic rings. The van der Waals surface area contributed by atoms with Crippen LogP contribution in [0.3, 0.4) is 0 Å². The molecule has 0 saturated heterocycles. The van der Waals surface area contributed by atoms with E-state index in [1.54, 1.807) is 0 Å². The molecule has 0 fully saturated rings. The number of primary sulfonamides is 1. The maximum absolute atomic E-state index is 11.1. The van der Waals surface area contributed by atoms with Crippen LogP contribution in [0, 0.1) is 12.8 Å². The van der Waals surface area contributed by atoms with E-state index in [4.69, 9.17) is 9.88 Å². The first-order valence-electron chi connectivity index (χ1n) is 9.46. The topological polar surface area (TPSA) is 106 Å². The smallest absolute Gasteiger partial charge is 0.210 e. The summed E-state index contributed by atoms with van der Waals surface area (Å²) in [6, 6.07) is 6.08. The van der Waals surface area contributed by atoms with Crippen molar-refractivity contribution in [1.29, 1.82) is 0 Å². The maximum Gasteiger partial charge on any atom is 0.210 e. The van der Waals surface area contributed by atoms with Crippen LogP contribution in [0.15, 0.2) is 23.2 Å². The molecule has 0 spiro atoms. The molecule has 0 aliphatic heterocycles. The van der Waals surface area contributed by atoms with Crippen molar-refractivity contribution in [2.24, 2.45) is 16.0 Å². The largest absolute Gasteiger partial charge is 0.493 e. The fraction of sp³-hybridized carbons (Fsp3) is 0.632. The van der Waals surface area contributed by atoms with Crippen LogP contribution >= 0.6 is 0 Å². The Morgan fingerprint density at radius 3 is 2.67 bits per heavy atom. The molecule has 0 amide bonds. The van der Waals surface area contributed by atoms with E-state index in [1.807, 2.05) is 32.0 Å². The van der Waals surface area contributed by atoms with E-state index in [0.29, 0.717) is 31.6 Å². The molecule has 0 radical (unpaired) electrons. The van der Waals surface area contributed by atoms with Crippen LogP contribution in [-0.4, -0.2) is 39.8 Å². The van der Waals surface area contributed by atoms with Crippen LogP contribution in [-0.2, 0) is 16.6 Å². The van der Waals surface area contributed by atoms with E-state index in [0.717, 1.165) is 29.7 Å². The monoisotopic (exact) mass is 398 g/mol. The molecule has 0 atom stereocenters. The Hall–Kier alpha value is -1.80. The summed E-state index contributed by atoms with van der Waals surface area (Å²) in [6.45, 7) is 10.4. The second kappa shape index (κ2) is 11.8. The zero-order chi connectivity index (χ0) is 20.3. The first-order valence-corrected chi connectivity index (χ1v) is 11.2. The molecule has 8 heteroatoms. The summed E-state index contributed by atoms with van der Waals surface area (Å²) in [5.41, 5.74) is 2.13. The molecule has 0 unspecified atom stereocenters. The number of ether oxygens (including phenoxy) is 1. The summed E-state index contributed by atoms with van der Waals surface area (Å²) in [5, 5.41) is 11.1. The van der Waals surface area contributed by atoms with Gasteiger partial charge in [-0.1, -0.05) is 26.0 Å². The molecule has 0 aliphatic rings. The molecule has 0 heterocycles. The number of aliphatic imine (C=N–C) groups is 1. The Morgan fingerprint density at radius 2 is 2.04 bits per heavy atom. The number of nitrogens with one attached hydrogen (secondary N) is 2. The Kier molecular flexibility index (Phi) is 10.2. The molecule has 0 aliphatic carbocycles. The van der Waals surface area contributed by atoms with Gasteiger partial charge in [0.1, 0.15) is 5.75 Å². The lowest BCUT2D eigenvalue weighted by atomic mass is 10.1. The minimum Gasteiger partial charge on any atom is -0.493 e. The molecular weight excluding hydrogens is 364 g/mol. The fourth-order valence-corrected chi connectivity index (χ4v) is 2.80. The number of nitrogens with zero attached hydrogens (tertiary/aromatic N) is 1. The van der Waals surface area contributed by atoms with Gasteiger partial charge < -0.3 is 15.4 Å². The van der Waals surface area contributed by atoms with Gasteiger partial charge >= 0.3 is 0 Å². The van der Waals surface area contributed by atoms with Crippen molar-refractivity contribution in [3.63, 3.8) is 0 Å². The second-order valence-electron chi connectivity index (χ2n) is 6.98. The molecular formula is C19H34N4O3S. The molecule has 0 aromatic heterocycles. The van der Waals surface area contributed by atoms with Gasteiger partial charge in [-0.3, -0.25) is 0 Å². The highest BCUT2D eigenvalue weighted by Gasteiger charge is 2.07. The van der Waals surface area contributed by atoms with Gasteiger partial charge in [0.2, 0.25) is 10.0 Å². The first-order chi connectivity index (χ1) is 12.7. The third kappa shape index (κ3) is 10.8. The molecule has 7 nitrogen and oxygen atoms in total. The third-order valence-electron chi connectivity index (χ3n) is 3.84. The summed E-state index contributed by atoms with van der Waals surface area (Å²) in [4.78, 5) is 4.53. The maximum atomic E-state index is 11.1. The quantitative estimate of drug-likeness (QED) is 0.301. The number of hydrogen-bond acceptors (Lipinski definition) is 4. The van der Waals surface area contributed by atoms with Crippen molar-refractivity contribution < 1.29 is 13.2 Å². The van der Waals surface area contributed by atoms with Gasteiger partial charge in [0, 0.05) is 18.7 Å². The SMILES string of the molecule is CCNC(=NCc1ccc(C)cc1OCCCC(C)C)NCCS(N)(=O)=O. The van der Waals surface area contributed by atoms with Crippen LogP contribution in [0.4, 0.5) is 0 Å². The summed E-state index contributed by atoms with van der Waals surface area (Å²) >= 11 is 0. The Labute approximate surface area is 163 Å². The zero-order valence-electron chi connectivity index (χ0n) is 16.9. The summed E-state index contributed by atoms with van der Waals surface area (Å²) < 4.78 is 28.1. The van der Waals surface area contributed by atoms with Crippen molar-refractivity contribution in [3.05, 3.63) is 29.3 Å². The average molecular weight is 399 g/mol. The molecule has 154 valence electrons. The lowest BCUT2D eigenvalue weighted by Gasteiger charge is -2.14. The van der Waals surface area contributed by atoms with Gasteiger partial charge in [0.25, 0.3) is 0 Å². The Bertz CT molecular complexity index is 703. The number of sulfonamides is 1. The molecule has 0 bridgehead atoms. The van der Waals surface area contributed by atoms with Crippen LogP contribution in [0.5, 0.6) is 5.75 Å². The van der Waals surface area contributed by atoms with E-state index >= 15 is 0 Å². The average Bonchev–Trinajstić information content (AvgIpc) is 2.56. The Morgan fingerprint density at radius 1 is 1.30 bits per heavy atom. The van der Waals surface area contributed by atoms with Crippen LogP contribution in [0.25, 0.3) is 0 Å². The van der Waals surface area contributed by atoms with Gasteiger partial charge in [0.05, 0.1) is 18.9 Å².